The van der Waals surface area contributed by atoms with Crippen LogP contribution in [0.4, 0.5) is 5.69 Å². The first-order valence-electron chi connectivity index (χ1n) is 7.02. The van der Waals surface area contributed by atoms with Gasteiger partial charge in [0.05, 0.1) is 6.10 Å². The lowest BCUT2D eigenvalue weighted by molar-refractivity contribution is -0.0942. The second-order valence-corrected chi connectivity index (χ2v) is 6.09. The Morgan fingerprint density at radius 1 is 1.40 bits per heavy atom. The fourth-order valence-corrected chi connectivity index (χ4v) is 2.84. The first-order valence-corrected chi connectivity index (χ1v) is 7.02. The number of anilines is 1. The summed E-state index contributed by atoms with van der Waals surface area (Å²) in [5, 5.41) is 6.20. The summed E-state index contributed by atoms with van der Waals surface area (Å²) in [6.45, 7) is 6.22. The molecule has 0 bridgehead atoms. The molecule has 2 atom stereocenters. The van der Waals surface area contributed by atoms with Crippen molar-refractivity contribution in [2.24, 2.45) is 5.41 Å². The highest BCUT2D eigenvalue weighted by molar-refractivity contribution is 5.96. The molecule has 2 unspecified atom stereocenters. The maximum absolute atomic E-state index is 12.4. The van der Waals surface area contributed by atoms with E-state index in [9.17, 15) is 4.79 Å². The van der Waals surface area contributed by atoms with Gasteiger partial charge in [-0.1, -0.05) is 13.8 Å². The van der Waals surface area contributed by atoms with Crippen LogP contribution in [0.1, 0.15) is 36.2 Å². The number of ether oxygens (including phenoxy) is 1. The Morgan fingerprint density at radius 3 is 2.60 bits per heavy atom. The molecule has 0 aliphatic heterocycles. The van der Waals surface area contributed by atoms with Crippen molar-refractivity contribution < 1.29 is 9.53 Å². The molecule has 0 spiro atoms. The highest BCUT2D eigenvalue weighted by Crippen LogP contribution is 2.42. The first-order chi connectivity index (χ1) is 9.40. The van der Waals surface area contributed by atoms with Gasteiger partial charge >= 0.3 is 0 Å². The van der Waals surface area contributed by atoms with E-state index in [0.717, 1.165) is 23.2 Å². The lowest BCUT2D eigenvalue weighted by Gasteiger charge is -2.51. The van der Waals surface area contributed by atoms with E-state index in [2.05, 4.69) is 24.5 Å². The van der Waals surface area contributed by atoms with Crippen LogP contribution in [-0.4, -0.2) is 32.2 Å². The van der Waals surface area contributed by atoms with Crippen molar-refractivity contribution >= 4 is 11.6 Å². The normalized spacial score (nSPS) is 23.9. The Bertz CT molecular complexity index is 511. The SMILES string of the molecule is CNc1ccc(C(=O)NC2CC(OC)C2(C)C)c(C)c1. The molecule has 4 nitrogen and oxygen atoms in total. The van der Waals surface area contributed by atoms with Gasteiger partial charge < -0.3 is 15.4 Å². The number of carbonyl (C=O) groups excluding carboxylic acids is 1. The van der Waals surface area contributed by atoms with E-state index in [1.54, 1.807) is 7.11 Å². The number of amides is 1. The third kappa shape index (κ3) is 2.52. The first kappa shape index (κ1) is 14.9. The van der Waals surface area contributed by atoms with Crippen LogP contribution in [0.25, 0.3) is 0 Å². The zero-order chi connectivity index (χ0) is 14.9. The lowest BCUT2D eigenvalue weighted by Crippen LogP contribution is -2.61. The Balaban J connectivity index is 2.07. The van der Waals surface area contributed by atoms with Crippen LogP contribution in [0.15, 0.2) is 18.2 Å². The number of rotatable bonds is 4. The van der Waals surface area contributed by atoms with Crippen LogP contribution in [0.3, 0.4) is 0 Å². The van der Waals surface area contributed by atoms with Gasteiger partial charge in [0, 0.05) is 36.9 Å². The van der Waals surface area contributed by atoms with E-state index in [4.69, 9.17) is 4.74 Å². The standard InChI is InChI=1S/C16H24N2O2/c1-10-8-11(17-4)6-7-12(10)15(19)18-13-9-14(20-5)16(13,2)3/h6-8,13-14,17H,9H2,1-5H3,(H,18,19). The summed E-state index contributed by atoms with van der Waals surface area (Å²) in [4.78, 5) is 12.4. The van der Waals surface area contributed by atoms with E-state index in [0.29, 0.717) is 0 Å². The van der Waals surface area contributed by atoms with Crippen LogP contribution >= 0.6 is 0 Å². The molecule has 20 heavy (non-hydrogen) atoms. The molecule has 0 saturated heterocycles. The van der Waals surface area contributed by atoms with Gasteiger partial charge in [0.15, 0.2) is 0 Å². The van der Waals surface area contributed by atoms with Gasteiger partial charge in [0.1, 0.15) is 0 Å². The summed E-state index contributed by atoms with van der Waals surface area (Å²) in [5.41, 5.74) is 2.72. The fraction of sp³-hybridized carbons (Fsp3) is 0.562. The smallest absolute Gasteiger partial charge is 0.251 e. The van der Waals surface area contributed by atoms with Crippen molar-refractivity contribution in [3.05, 3.63) is 29.3 Å². The highest BCUT2D eigenvalue weighted by Gasteiger charge is 2.49. The molecule has 0 aromatic heterocycles. The summed E-state index contributed by atoms with van der Waals surface area (Å²) in [5.74, 6) is -0.00205. The third-order valence-electron chi connectivity index (χ3n) is 4.53. The van der Waals surface area contributed by atoms with Crippen molar-refractivity contribution in [1.29, 1.82) is 0 Å². The molecule has 4 heteroatoms. The number of carbonyl (C=O) groups is 1. The molecule has 0 heterocycles. The van der Waals surface area contributed by atoms with Gasteiger partial charge in [-0.25, -0.2) is 0 Å². The van der Waals surface area contributed by atoms with Crippen LogP contribution in [0.2, 0.25) is 0 Å². The molecular weight excluding hydrogens is 252 g/mol. The minimum Gasteiger partial charge on any atom is -0.388 e. The van der Waals surface area contributed by atoms with Crippen molar-refractivity contribution in [2.75, 3.05) is 19.5 Å². The predicted molar refractivity (Wildman–Crippen MR) is 81.2 cm³/mol. The zero-order valence-corrected chi connectivity index (χ0v) is 12.9. The van der Waals surface area contributed by atoms with Crippen molar-refractivity contribution in [2.45, 2.75) is 39.3 Å². The molecule has 1 aromatic carbocycles. The molecule has 1 aromatic rings. The van der Waals surface area contributed by atoms with E-state index >= 15 is 0 Å². The molecular formula is C16H24N2O2. The molecule has 1 amide bonds. The van der Waals surface area contributed by atoms with Gasteiger partial charge in [0.2, 0.25) is 0 Å². The Kier molecular flexibility index (Phi) is 4.04. The lowest BCUT2D eigenvalue weighted by atomic mass is 9.64. The van der Waals surface area contributed by atoms with Crippen molar-refractivity contribution in [1.82, 2.24) is 5.32 Å². The summed E-state index contributed by atoms with van der Waals surface area (Å²) >= 11 is 0. The minimum atomic E-state index is -0.0107. The second kappa shape index (κ2) is 5.44. The van der Waals surface area contributed by atoms with Crippen LogP contribution in [0.5, 0.6) is 0 Å². The van der Waals surface area contributed by atoms with E-state index in [1.165, 1.54) is 0 Å². The van der Waals surface area contributed by atoms with Crippen LogP contribution < -0.4 is 10.6 Å². The Labute approximate surface area is 120 Å². The average molecular weight is 276 g/mol. The van der Waals surface area contributed by atoms with Gasteiger partial charge in [-0.2, -0.15) is 0 Å². The molecule has 0 radical (unpaired) electrons. The van der Waals surface area contributed by atoms with Crippen molar-refractivity contribution in [3.8, 4) is 0 Å². The number of hydrogen-bond acceptors (Lipinski definition) is 3. The van der Waals surface area contributed by atoms with Crippen molar-refractivity contribution in [3.63, 3.8) is 0 Å². The summed E-state index contributed by atoms with van der Waals surface area (Å²) < 4.78 is 5.41. The molecule has 1 aliphatic carbocycles. The Hall–Kier alpha value is -1.55. The maximum atomic E-state index is 12.4. The Morgan fingerprint density at radius 2 is 2.10 bits per heavy atom. The average Bonchev–Trinajstić information content (AvgIpc) is 2.42. The number of aryl methyl sites for hydroxylation is 1. The molecule has 2 rings (SSSR count). The van der Waals surface area contributed by atoms with Gasteiger partial charge in [-0.3, -0.25) is 4.79 Å². The highest BCUT2D eigenvalue weighted by atomic mass is 16.5. The number of nitrogens with one attached hydrogen (secondary N) is 2. The zero-order valence-electron chi connectivity index (χ0n) is 12.9. The summed E-state index contributed by atoms with van der Waals surface area (Å²) in [7, 11) is 3.60. The maximum Gasteiger partial charge on any atom is 0.251 e. The molecule has 1 fully saturated rings. The molecule has 1 saturated carbocycles. The quantitative estimate of drug-likeness (QED) is 0.888. The van der Waals surface area contributed by atoms with E-state index in [-0.39, 0.29) is 23.5 Å². The third-order valence-corrected chi connectivity index (χ3v) is 4.53. The molecule has 110 valence electrons. The van der Waals surface area contributed by atoms with Gasteiger partial charge in [0.25, 0.3) is 5.91 Å². The number of methoxy groups -OCH3 is 1. The summed E-state index contributed by atoms with van der Waals surface area (Å²) in [6, 6.07) is 5.95. The van der Waals surface area contributed by atoms with Gasteiger partial charge in [-0.15, -0.1) is 0 Å². The van der Waals surface area contributed by atoms with E-state index < -0.39 is 0 Å². The van der Waals surface area contributed by atoms with Crippen LogP contribution in [-0.2, 0) is 4.74 Å². The topological polar surface area (TPSA) is 50.4 Å². The fourth-order valence-electron chi connectivity index (χ4n) is 2.84. The minimum absolute atomic E-state index is 0.00205. The molecule has 2 N–H and O–H groups in total. The van der Waals surface area contributed by atoms with Gasteiger partial charge in [-0.05, 0) is 37.1 Å². The van der Waals surface area contributed by atoms with Crippen LogP contribution in [0, 0.1) is 12.3 Å². The largest absolute Gasteiger partial charge is 0.388 e. The van der Waals surface area contributed by atoms with E-state index in [1.807, 2.05) is 32.2 Å². The molecule has 1 aliphatic rings. The monoisotopic (exact) mass is 276 g/mol. The number of benzene rings is 1. The predicted octanol–water partition coefficient (Wildman–Crippen LogP) is 2.58. The second-order valence-electron chi connectivity index (χ2n) is 6.09. The number of hydrogen-bond donors (Lipinski definition) is 2. The summed E-state index contributed by atoms with van der Waals surface area (Å²) in [6.07, 6.45) is 1.10.